The van der Waals surface area contributed by atoms with Crippen molar-refractivity contribution in [3.63, 3.8) is 0 Å². The molecule has 0 aromatic heterocycles. The van der Waals surface area contributed by atoms with Gasteiger partial charge in [0.1, 0.15) is 0 Å². The van der Waals surface area contributed by atoms with Crippen LogP contribution in [-0.4, -0.2) is 24.1 Å². The molecule has 0 fully saturated rings. The smallest absolute Gasteiger partial charge is 0.306 e. The van der Waals surface area contributed by atoms with Gasteiger partial charge in [0, 0.05) is 12.8 Å². The van der Waals surface area contributed by atoms with Crippen molar-refractivity contribution in [2.45, 2.75) is 66.1 Å². The van der Waals surface area contributed by atoms with Gasteiger partial charge in [0.25, 0.3) is 0 Å². The van der Waals surface area contributed by atoms with Gasteiger partial charge in [-0.25, -0.2) is 0 Å². The number of ether oxygens (including phenoxy) is 2. The molecule has 1 atom stereocenters. The molecule has 0 aliphatic rings. The molecule has 17 heavy (non-hydrogen) atoms. The lowest BCUT2D eigenvalue weighted by Gasteiger charge is -2.13. The minimum atomic E-state index is -0.205. The minimum absolute atomic E-state index is 0.0799. The molecule has 0 rings (SSSR count). The summed E-state index contributed by atoms with van der Waals surface area (Å²) in [5, 5.41) is 0. The third-order valence-electron chi connectivity index (χ3n) is 2.09. The van der Waals surface area contributed by atoms with Gasteiger partial charge in [-0.1, -0.05) is 6.92 Å². The second-order valence-corrected chi connectivity index (χ2v) is 4.93. The molecule has 0 unspecified atom stereocenters. The van der Waals surface area contributed by atoms with Crippen molar-refractivity contribution in [3.8, 4) is 0 Å². The van der Waals surface area contributed by atoms with E-state index in [9.17, 15) is 9.59 Å². The summed E-state index contributed by atoms with van der Waals surface area (Å²) >= 11 is 0. The van der Waals surface area contributed by atoms with E-state index in [1.54, 1.807) is 0 Å². The number of carbonyl (C=O) groups is 2. The zero-order valence-electron chi connectivity index (χ0n) is 11.5. The van der Waals surface area contributed by atoms with Crippen molar-refractivity contribution in [2.24, 2.45) is 5.92 Å². The molecular weight excluding hydrogens is 220 g/mol. The number of carbonyl (C=O) groups excluding carboxylic acids is 2. The van der Waals surface area contributed by atoms with E-state index in [4.69, 9.17) is 9.47 Å². The first-order valence-corrected chi connectivity index (χ1v) is 6.20. The highest BCUT2D eigenvalue weighted by atomic mass is 16.5. The summed E-state index contributed by atoms with van der Waals surface area (Å²) in [7, 11) is 0. The molecular formula is C13H24O4. The van der Waals surface area contributed by atoms with E-state index >= 15 is 0 Å². The Morgan fingerprint density at radius 3 is 1.82 bits per heavy atom. The molecule has 0 aromatic carbocycles. The maximum absolute atomic E-state index is 11.3. The third kappa shape index (κ3) is 9.85. The summed E-state index contributed by atoms with van der Waals surface area (Å²) in [5.41, 5.74) is 0. The quantitative estimate of drug-likeness (QED) is 0.646. The summed E-state index contributed by atoms with van der Waals surface area (Å²) < 4.78 is 10.1. The van der Waals surface area contributed by atoms with Crippen molar-refractivity contribution in [2.75, 3.05) is 0 Å². The zero-order valence-corrected chi connectivity index (χ0v) is 11.5. The molecule has 0 radical (unpaired) electrons. The Labute approximate surface area is 104 Å². The Bertz CT molecular complexity index is 246. The van der Waals surface area contributed by atoms with Crippen LogP contribution in [0.25, 0.3) is 0 Å². The monoisotopic (exact) mass is 244 g/mol. The first-order valence-electron chi connectivity index (χ1n) is 6.20. The van der Waals surface area contributed by atoms with Gasteiger partial charge in [-0.3, -0.25) is 9.59 Å². The molecule has 0 bridgehead atoms. The second-order valence-electron chi connectivity index (χ2n) is 4.93. The van der Waals surface area contributed by atoms with Crippen LogP contribution in [0.2, 0.25) is 0 Å². The molecule has 4 nitrogen and oxygen atoms in total. The molecule has 100 valence electrons. The summed E-state index contributed by atoms with van der Waals surface area (Å²) in [6.07, 6.45) is 1.20. The predicted molar refractivity (Wildman–Crippen MR) is 65.5 cm³/mol. The van der Waals surface area contributed by atoms with Crippen LogP contribution in [0, 0.1) is 5.92 Å². The molecule has 0 saturated carbocycles. The maximum Gasteiger partial charge on any atom is 0.306 e. The highest BCUT2D eigenvalue weighted by Crippen LogP contribution is 2.12. The van der Waals surface area contributed by atoms with Crippen LogP contribution in [0.3, 0.4) is 0 Å². The van der Waals surface area contributed by atoms with Gasteiger partial charge in [0.15, 0.2) is 0 Å². The van der Waals surface area contributed by atoms with Crippen LogP contribution in [0.5, 0.6) is 0 Å². The van der Waals surface area contributed by atoms with Crippen molar-refractivity contribution in [1.82, 2.24) is 0 Å². The van der Waals surface area contributed by atoms with Crippen LogP contribution < -0.4 is 0 Å². The minimum Gasteiger partial charge on any atom is -0.463 e. The predicted octanol–water partition coefficient (Wildman–Crippen LogP) is 2.70. The topological polar surface area (TPSA) is 52.6 Å². The first-order chi connectivity index (χ1) is 7.81. The summed E-state index contributed by atoms with van der Waals surface area (Å²) in [4.78, 5) is 22.6. The van der Waals surface area contributed by atoms with E-state index in [2.05, 4.69) is 0 Å². The van der Waals surface area contributed by atoms with Gasteiger partial charge < -0.3 is 9.47 Å². The Kier molecular flexibility index (Phi) is 7.59. The van der Waals surface area contributed by atoms with E-state index in [1.165, 1.54) is 0 Å². The van der Waals surface area contributed by atoms with E-state index in [0.29, 0.717) is 19.3 Å². The Hall–Kier alpha value is -1.06. The largest absolute Gasteiger partial charge is 0.463 e. The van der Waals surface area contributed by atoms with Gasteiger partial charge in [0.05, 0.1) is 12.2 Å². The fourth-order valence-electron chi connectivity index (χ4n) is 1.38. The van der Waals surface area contributed by atoms with Crippen LogP contribution in [0.15, 0.2) is 0 Å². The average molecular weight is 244 g/mol. The molecule has 0 aromatic rings. The Morgan fingerprint density at radius 1 is 0.882 bits per heavy atom. The third-order valence-corrected chi connectivity index (χ3v) is 2.09. The van der Waals surface area contributed by atoms with E-state index in [-0.39, 0.29) is 30.1 Å². The lowest BCUT2D eigenvalue weighted by atomic mass is 10.0. The number of esters is 2. The van der Waals surface area contributed by atoms with Gasteiger partial charge in [-0.05, 0) is 40.0 Å². The summed E-state index contributed by atoms with van der Waals surface area (Å²) in [5.74, 6) is -0.269. The van der Waals surface area contributed by atoms with Crippen molar-refractivity contribution >= 4 is 11.9 Å². The van der Waals surface area contributed by atoms with Crippen molar-refractivity contribution in [3.05, 3.63) is 0 Å². The highest BCUT2D eigenvalue weighted by Gasteiger charge is 2.14. The van der Waals surface area contributed by atoms with Gasteiger partial charge in [-0.2, -0.15) is 0 Å². The fraction of sp³-hybridized carbons (Fsp3) is 0.846. The molecule has 0 heterocycles. The van der Waals surface area contributed by atoms with Gasteiger partial charge in [0.2, 0.25) is 0 Å². The van der Waals surface area contributed by atoms with Crippen molar-refractivity contribution in [1.29, 1.82) is 0 Å². The number of hydrogen-bond donors (Lipinski definition) is 0. The zero-order chi connectivity index (χ0) is 13.4. The lowest BCUT2D eigenvalue weighted by Crippen LogP contribution is -2.16. The number of rotatable bonds is 7. The molecule has 0 aliphatic heterocycles. The van der Waals surface area contributed by atoms with Crippen LogP contribution in [-0.2, 0) is 19.1 Å². The van der Waals surface area contributed by atoms with Gasteiger partial charge >= 0.3 is 11.9 Å². The number of hydrogen-bond acceptors (Lipinski definition) is 4. The normalized spacial score (nSPS) is 12.6. The lowest BCUT2D eigenvalue weighted by molar-refractivity contribution is -0.150. The first kappa shape index (κ1) is 15.9. The van der Waals surface area contributed by atoms with Gasteiger partial charge in [-0.15, -0.1) is 0 Å². The van der Waals surface area contributed by atoms with Crippen LogP contribution in [0.1, 0.15) is 53.9 Å². The van der Waals surface area contributed by atoms with E-state index in [0.717, 1.165) is 0 Å². The molecule has 0 N–H and O–H groups in total. The standard InChI is InChI=1S/C13H24O4/c1-9(2)16-12(14)7-6-11(5)8-13(15)17-10(3)4/h9-11H,6-8H2,1-5H3/t11-/m1/s1. The summed E-state index contributed by atoms with van der Waals surface area (Å²) in [6, 6.07) is 0. The average Bonchev–Trinajstić information content (AvgIpc) is 2.12. The Morgan fingerprint density at radius 2 is 1.35 bits per heavy atom. The van der Waals surface area contributed by atoms with Crippen LogP contribution in [0.4, 0.5) is 0 Å². The molecule has 0 saturated heterocycles. The molecule has 0 spiro atoms. The van der Waals surface area contributed by atoms with E-state index < -0.39 is 0 Å². The molecule has 0 aliphatic carbocycles. The maximum atomic E-state index is 11.3. The summed E-state index contributed by atoms with van der Waals surface area (Å²) in [6.45, 7) is 9.22. The fourth-order valence-corrected chi connectivity index (χ4v) is 1.38. The molecule has 4 heteroatoms. The SMILES string of the molecule is CC(C)OC(=O)CC[C@@H](C)CC(=O)OC(C)C. The van der Waals surface area contributed by atoms with Crippen molar-refractivity contribution < 1.29 is 19.1 Å². The molecule has 0 amide bonds. The Balaban J connectivity index is 3.75. The highest BCUT2D eigenvalue weighted by molar-refractivity contribution is 5.71. The van der Waals surface area contributed by atoms with E-state index in [1.807, 2.05) is 34.6 Å². The second kappa shape index (κ2) is 8.09. The van der Waals surface area contributed by atoms with Crippen LogP contribution >= 0.6 is 0 Å².